The maximum absolute atomic E-state index is 13.4. The molecular weight excluding hydrogens is 518 g/mol. The van der Waals surface area contributed by atoms with Gasteiger partial charge in [0.15, 0.2) is 5.82 Å². The Bertz CT molecular complexity index is 1370. The Morgan fingerprint density at radius 2 is 1.66 bits per heavy atom. The average molecular weight is 546 g/mol. The summed E-state index contributed by atoms with van der Waals surface area (Å²) in [6.07, 6.45) is 0. The second-order valence-electron chi connectivity index (χ2n) is 9.12. The van der Waals surface area contributed by atoms with E-state index < -0.39 is 0 Å². The third-order valence-corrected chi connectivity index (χ3v) is 7.99. The minimum atomic E-state index is -0.233. The predicted octanol–water partition coefficient (Wildman–Crippen LogP) is 5.41. The van der Waals surface area contributed by atoms with E-state index in [0.29, 0.717) is 36.1 Å². The fourth-order valence-corrected chi connectivity index (χ4v) is 5.49. The lowest BCUT2D eigenvalue weighted by atomic mass is 10.1. The van der Waals surface area contributed by atoms with Gasteiger partial charge in [0.2, 0.25) is 5.91 Å². The van der Waals surface area contributed by atoms with Gasteiger partial charge in [-0.2, -0.15) is 0 Å². The van der Waals surface area contributed by atoms with E-state index in [4.69, 9.17) is 11.6 Å². The predicted molar refractivity (Wildman–Crippen MR) is 151 cm³/mol. The second-order valence-corrected chi connectivity index (χ2v) is 10.5. The van der Waals surface area contributed by atoms with Crippen LogP contribution in [0.5, 0.6) is 0 Å². The molecule has 1 saturated heterocycles. The monoisotopic (exact) mass is 545 g/mol. The number of benzene rings is 2. The van der Waals surface area contributed by atoms with Crippen LogP contribution in [0.2, 0.25) is 5.02 Å². The first-order chi connectivity index (χ1) is 18.5. The van der Waals surface area contributed by atoms with E-state index in [1.165, 1.54) is 11.3 Å². The van der Waals surface area contributed by atoms with Gasteiger partial charge in [-0.1, -0.05) is 66.2 Å². The van der Waals surface area contributed by atoms with Crippen LogP contribution in [0.1, 0.15) is 28.2 Å². The molecule has 0 aliphatic carbocycles. The minimum Gasteiger partial charge on any atom is -0.352 e. The Labute approximate surface area is 231 Å². The molecular formula is C29H28ClN5O2S. The highest BCUT2D eigenvalue weighted by Gasteiger charge is 2.29. The van der Waals surface area contributed by atoms with E-state index in [1.807, 2.05) is 90.0 Å². The van der Waals surface area contributed by atoms with Crippen LogP contribution < -0.4 is 4.90 Å². The summed E-state index contributed by atoms with van der Waals surface area (Å²) in [4.78, 5) is 33.0. The van der Waals surface area contributed by atoms with Crippen LogP contribution >= 0.6 is 22.9 Å². The van der Waals surface area contributed by atoms with Crippen molar-refractivity contribution in [3.05, 3.63) is 99.7 Å². The van der Waals surface area contributed by atoms with Crippen molar-refractivity contribution < 1.29 is 9.59 Å². The van der Waals surface area contributed by atoms with Gasteiger partial charge in [-0.3, -0.25) is 9.59 Å². The number of carbonyl (C=O) groups excluding carboxylic acids is 2. The molecule has 2 aromatic heterocycles. The summed E-state index contributed by atoms with van der Waals surface area (Å²) >= 11 is 7.68. The number of thiophene rings is 1. The van der Waals surface area contributed by atoms with Crippen LogP contribution in [0, 0.1) is 0 Å². The number of anilines is 1. The molecule has 3 heterocycles. The minimum absolute atomic E-state index is 0.0269. The second kappa shape index (κ2) is 11.8. The van der Waals surface area contributed by atoms with Gasteiger partial charge in [0.1, 0.15) is 6.54 Å². The molecule has 0 bridgehead atoms. The molecule has 1 fully saturated rings. The third-order valence-electron chi connectivity index (χ3n) is 6.80. The maximum atomic E-state index is 13.4. The highest BCUT2D eigenvalue weighted by atomic mass is 35.5. The summed E-state index contributed by atoms with van der Waals surface area (Å²) in [5.74, 6) is 0.579. The first-order valence-electron chi connectivity index (χ1n) is 12.5. The van der Waals surface area contributed by atoms with Crippen LogP contribution in [0.25, 0.3) is 11.3 Å². The average Bonchev–Trinajstić information content (AvgIpc) is 3.51. The first-order valence-corrected chi connectivity index (χ1v) is 13.8. The van der Waals surface area contributed by atoms with Crippen LogP contribution in [0.3, 0.4) is 0 Å². The van der Waals surface area contributed by atoms with Gasteiger partial charge in [0.25, 0.3) is 5.91 Å². The zero-order valence-corrected chi connectivity index (χ0v) is 22.6. The molecule has 0 radical (unpaired) electrons. The Balaban J connectivity index is 1.23. The highest BCUT2D eigenvalue weighted by Crippen LogP contribution is 2.27. The number of hydrogen-bond donors (Lipinski definition) is 0. The van der Waals surface area contributed by atoms with E-state index in [1.54, 1.807) is 11.0 Å². The van der Waals surface area contributed by atoms with E-state index >= 15 is 0 Å². The number of halogens is 1. The van der Waals surface area contributed by atoms with Gasteiger partial charge in [0, 0.05) is 31.7 Å². The molecule has 0 saturated carbocycles. The number of piperazine rings is 1. The molecule has 0 N–H and O–H groups in total. The first kappa shape index (κ1) is 25.9. The summed E-state index contributed by atoms with van der Waals surface area (Å²) in [5.41, 5.74) is 2.56. The summed E-state index contributed by atoms with van der Waals surface area (Å²) in [5, 5.41) is 11.3. The maximum Gasteiger partial charge on any atom is 0.264 e. The van der Waals surface area contributed by atoms with Crippen LogP contribution in [0.4, 0.5) is 5.82 Å². The van der Waals surface area contributed by atoms with Crippen LogP contribution in [-0.2, 0) is 4.79 Å². The van der Waals surface area contributed by atoms with Crippen molar-refractivity contribution in [1.82, 2.24) is 20.0 Å². The summed E-state index contributed by atoms with van der Waals surface area (Å²) in [6.45, 7) is 4.37. The zero-order valence-electron chi connectivity index (χ0n) is 21.0. The summed E-state index contributed by atoms with van der Waals surface area (Å²) in [7, 11) is 0. The lowest BCUT2D eigenvalue weighted by molar-refractivity contribution is -0.132. The summed E-state index contributed by atoms with van der Waals surface area (Å²) < 4.78 is 0. The van der Waals surface area contributed by atoms with Gasteiger partial charge in [-0.15, -0.1) is 21.5 Å². The van der Waals surface area contributed by atoms with Crippen molar-refractivity contribution in [2.75, 3.05) is 37.6 Å². The Hall–Kier alpha value is -3.75. The largest absolute Gasteiger partial charge is 0.352 e. The van der Waals surface area contributed by atoms with E-state index in [0.717, 1.165) is 22.6 Å². The van der Waals surface area contributed by atoms with Crippen LogP contribution in [-0.4, -0.2) is 64.5 Å². The number of nitrogens with zero attached hydrogens (tertiary/aromatic N) is 5. The fraction of sp³-hybridized carbons (Fsp3) is 0.241. The topological polar surface area (TPSA) is 69.6 Å². The van der Waals surface area contributed by atoms with Gasteiger partial charge in [-0.25, -0.2) is 0 Å². The smallest absolute Gasteiger partial charge is 0.264 e. The summed E-state index contributed by atoms with van der Waals surface area (Å²) in [6, 6.07) is 24.6. The fourth-order valence-electron chi connectivity index (χ4n) is 4.58. The Morgan fingerprint density at radius 3 is 2.32 bits per heavy atom. The van der Waals surface area contributed by atoms with Gasteiger partial charge < -0.3 is 14.7 Å². The third kappa shape index (κ3) is 5.71. The number of rotatable bonds is 7. The molecule has 5 rings (SSSR count). The molecule has 2 amide bonds. The van der Waals surface area contributed by atoms with Gasteiger partial charge >= 0.3 is 0 Å². The molecule has 9 heteroatoms. The normalized spacial score (nSPS) is 14.3. The standard InChI is InChI=1S/C29H28ClN5O2S/c1-21(22-8-3-2-4-9-22)35(29(37)26-12-7-19-38-26)20-28(36)34-17-15-33(16-18-34)27-14-13-25(31-32-27)23-10-5-6-11-24(23)30/h2-14,19,21H,15-18,20H2,1H3. The van der Waals surface area contributed by atoms with Crippen molar-refractivity contribution in [2.24, 2.45) is 0 Å². The van der Waals surface area contributed by atoms with Crippen molar-refractivity contribution in [1.29, 1.82) is 0 Å². The van der Waals surface area contributed by atoms with Crippen LogP contribution in [0.15, 0.2) is 84.2 Å². The molecule has 1 aliphatic rings. The lowest BCUT2D eigenvalue weighted by Gasteiger charge is -2.37. The number of aromatic nitrogens is 2. The molecule has 4 aromatic rings. The van der Waals surface area contributed by atoms with Crippen molar-refractivity contribution in [3.63, 3.8) is 0 Å². The molecule has 38 heavy (non-hydrogen) atoms. The zero-order chi connectivity index (χ0) is 26.5. The van der Waals surface area contributed by atoms with Crippen molar-refractivity contribution >= 4 is 40.6 Å². The number of amides is 2. The molecule has 1 unspecified atom stereocenters. The molecule has 0 spiro atoms. The van der Waals surface area contributed by atoms with E-state index in [2.05, 4.69) is 15.1 Å². The molecule has 1 atom stereocenters. The lowest BCUT2D eigenvalue weighted by Crippen LogP contribution is -2.52. The van der Waals surface area contributed by atoms with Crippen molar-refractivity contribution in [3.8, 4) is 11.3 Å². The molecule has 7 nitrogen and oxygen atoms in total. The number of carbonyl (C=O) groups is 2. The molecule has 194 valence electrons. The quantitative estimate of drug-likeness (QED) is 0.310. The van der Waals surface area contributed by atoms with Gasteiger partial charge in [-0.05, 0) is 42.1 Å². The molecule has 1 aliphatic heterocycles. The SMILES string of the molecule is CC(c1ccccc1)N(CC(=O)N1CCN(c2ccc(-c3ccccc3Cl)nn2)CC1)C(=O)c1cccs1. The van der Waals surface area contributed by atoms with Gasteiger partial charge in [0.05, 0.1) is 21.6 Å². The number of hydrogen-bond acceptors (Lipinski definition) is 6. The van der Waals surface area contributed by atoms with E-state index in [9.17, 15) is 9.59 Å². The van der Waals surface area contributed by atoms with E-state index in [-0.39, 0.29) is 24.4 Å². The van der Waals surface area contributed by atoms with Crippen molar-refractivity contribution in [2.45, 2.75) is 13.0 Å². The highest BCUT2D eigenvalue weighted by molar-refractivity contribution is 7.12. The molecule has 2 aromatic carbocycles. The Morgan fingerprint density at radius 1 is 0.921 bits per heavy atom. The Kier molecular flexibility index (Phi) is 8.00.